The van der Waals surface area contributed by atoms with E-state index in [1.54, 1.807) is 4.90 Å². The Morgan fingerprint density at radius 2 is 2.04 bits per heavy atom. The third-order valence-electron chi connectivity index (χ3n) is 5.51. The van der Waals surface area contributed by atoms with Gasteiger partial charge >= 0.3 is 6.03 Å². The predicted molar refractivity (Wildman–Crippen MR) is 94.8 cm³/mol. The fraction of sp³-hybridized carbons (Fsp3) is 0.632. The Hall–Kier alpha value is -1.59. The SMILES string of the molecule is CC(C)(CNC(=O)N1CCC[C@H]1CO)N1CCc2ccccc2C1. The van der Waals surface area contributed by atoms with Gasteiger partial charge in [-0.3, -0.25) is 4.90 Å². The summed E-state index contributed by atoms with van der Waals surface area (Å²) in [6, 6.07) is 8.55. The lowest BCUT2D eigenvalue weighted by molar-refractivity contribution is 0.0997. The summed E-state index contributed by atoms with van der Waals surface area (Å²) >= 11 is 0. The number of benzene rings is 1. The summed E-state index contributed by atoms with van der Waals surface area (Å²) in [5, 5.41) is 12.5. The smallest absolute Gasteiger partial charge is 0.317 e. The van der Waals surface area contributed by atoms with Crippen LogP contribution in [0.2, 0.25) is 0 Å². The highest BCUT2D eigenvalue weighted by Gasteiger charge is 2.32. The summed E-state index contributed by atoms with van der Waals surface area (Å²) in [7, 11) is 0. The van der Waals surface area contributed by atoms with Gasteiger partial charge in [-0.15, -0.1) is 0 Å². The van der Waals surface area contributed by atoms with E-state index in [1.807, 2.05) is 0 Å². The number of carbonyl (C=O) groups is 1. The van der Waals surface area contributed by atoms with Crippen LogP contribution in [0.1, 0.15) is 37.8 Å². The van der Waals surface area contributed by atoms with Crippen LogP contribution >= 0.6 is 0 Å². The molecule has 0 spiro atoms. The molecule has 2 aliphatic rings. The van der Waals surface area contributed by atoms with Gasteiger partial charge in [0.05, 0.1) is 12.6 Å². The van der Waals surface area contributed by atoms with Crippen molar-refractivity contribution in [1.29, 1.82) is 0 Å². The number of urea groups is 1. The van der Waals surface area contributed by atoms with Crippen LogP contribution in [0.3, 0.4) is 0 Å². The second-order valence-electron chi connectivity index (χ2n) is 7.58. The van der Waals surface area contributed by atoms with E-state index in [1.165, 1.54) is 11.1 Å². The van der Waals surface area contributed by atoms with Crippen LogP contribution < -0.4 is 5.32 Å². The summed E-state index contributed by atoms with van der Waals surface area (Å²) in [6.45, 7) is 7.74. The molecule has 0 unspecified atom stereocenters. The zero-order valence-corrected chi connectivity index (χ0v) is 14.8. The highest BCUT2D eigenvalue weighted by molar-refractivity contribution is 5.75. The van der Waals surface area contributed by atoms with Crippen LogP contribution in [0, 0.1) is 0 Å². The van der Waals surface area contributed by atoms with Gasteiger partial charge in [-0.25, -0.2) is 4.79 Å². The molecule has 2 aliphatic heterocycles. The average molecular weight is 331 g/mol. The number of nitrogens with one attached hydrogen (secondary N) is 1. The number of fused-ring (bicyclic) bond motifs is 1. The highest BCUT2D eigenvalue weighted by atomic mass is 16.3. The molecule has 3 rings (SSSR count). The molecule has 5 heteroatoms. The summed E-state index contributed by atoms with van der Waals surface area (Å²) in [5.41, 5.74) is 2.73. The third kappa shape index (κ3) is 3.57. The van der Waals surface area contributed by atoms with Crippen molar-refractivity contribution in [2.24, 2.45) is 0 Å². The number of likely N-dealkylation sites (tertiary alicyclic amines) is 1. The monoisotopic (exact) mass is 331 g/mol. The van der Waals surface area contributed by atoms with Gasteiger partial charge in [-0.2, -0.15) is 0 Å². The zero-order valence-electron chi connectivity index (χ0n) is 14.8. The molecule has 1 aromatic rings. The number of aliphatic hydroxyl groups is 1. The highest BCUT2D eigenvalue weighted by Crippen LogP contribution is 2.25. The first-order valence-corrected chi connectivity index (χ1v) is 8.98. The van der Waals surface area contributed by atoms with E-state index in [0.29, 0.717) is 6.54 Å². The summed E-state index contributed by atoms with van der Waals surface area (Å²) in [4.78, 5) is 16.7. The molecule has 0 aliphatic carbocycles. The fourth-order valence-corrected chi connectivity index (χ4v) is 3.81. The van der Waals surface area contributed by atoms with Gasteiger partial charge in [0.2, 0.25) is 0 Å². The van der Waals surface area contributed by atoms with E-state index >= 15 is 0 Å². The van der Waals surface area contributed by atoms with Gasteiger partial charge in [-0.05, 0) is 44.2 Å². The molecule has 0 saturated carbocycles. The second-order valence-corrected chi connectivity index (χ2v) is 7.58. The van der Waals surface area contributed by atoms with Crippen LogP contribution in [-0.4, -0.2) is 58.8 Å². The van der Waals surface area contributed by atoms with E-state index in [9.17, 15) is 9.90 Å². The first kappa shape index (κ1) is 17.2. The lowest BCUT2D eigenvalue weighted by atomic mass is 9.94. The molecule has 1 aromatic carbocycles. The normalized spacial score (nSPS) is 21.6. The zero-order chi connectivity index (χ0) is 17.2. The Labute approximate surface area is 144 Å². The number of hydrogen-bond donors (Lipinski definition) is 2. The van der Waals surface area contributed by atoms with E-state index in [-0.39, 0.29) is 24.2 Å². The molecule has 5 nitrogen and oxygen atoms in total. The van der Waals surface area contributed by atoms with Crippen molar-refractivity contribution in [2.45, 2.75) is 51.2 Å². The van der Waals surface area contributed by atoms with Crippen molar-refractivity contribution in [2.75, 3.05) is 26.2 Å². The minimum Gasteiger partial charge on any atom is -0.394 e. The van der Waals surface area contributed by atoms with Crippen molar-refractivity contribution in [3.8, 4) is 0 Å². The van der Waals surface area contributed by atoms with E-state index in [2.05, 4.69) is 48.3 Å². The van der Waals surface area contributed by atoms with Gasteiger partial charge in [0, 0.05) is 31.7 Å². The van der Waals surface area contributed by atoms with Crippen molar-refractivity contribution in [1.82, 2.24) is 15.1 Å². The standard InChI is InChI=1S/C19H29N3O2/c1-19(2,14-20-18(24)22-10-5-8-17(22)13-23)21-11-9-15-6-3-4-7-16(15)12-21/h3-4,6-7,17,23H,5,8-14H2,1-2H3,(H,20,24)/t17-/m0/s1. The third-order valence-corrected chi connectivity index (χ3v) is 5.51. The molecule has 0 aromatic heterocycles. The van der Waals surface area contributed by atoms with Crippen LogP contribution in [0.4, 0.5) is 4.79 Å². The average Bonchev–Trinajstić information content (AvgIpc) is 3.08. The number of carbonyl (C=O) groups excluding carboxylic acids is 1. The molecule has 0 radical (unpaired) electrons. The number of rotatable bonds is 4. The fourth-order valence-electron chi connectivity index (χ4n) is 3.81. The molecular weight excluding hydrogens is 302 g/mol. The molecular formula is C19H29N3O2. The Bertz CT molecular complexity index is 588. The Morgan fingerprint density at radius 1 is 1.29 bits per heavy atom. The molecule has 1 saturated heterocycles. The number of nitrogens with zero attached hydrogens (tertiary/aromatic N) is 2. The predicted octanol–water partition coefficient (Wildman–Crippen LogP) is 1.99. The minimum absolute atomic E-state index is 0.0185. The van der Waals surface area contributed by atoms with Crippen molar-refractivity contribution in [3.63, 3.8) is 0 Å². The largest absolute Gasteiger partial charge is 0.394 e. The van der Waals surface area contributed by atoms with Crippen LogP contribution in [-0.2, 0) is 13.0 Å². The van der Waals surface area contributed by atoms with Crippen LogP contribution in [0.5, 0.6) is 0 Å². The lowest BCUT2D eigenvalue weighted by Crippen LogP contribution is -2.55. The maximum absolute atomic E-state index is 12.4. The molecule has 2 amide bonds. The Balaban J connectivity index is 1.57. The lowest BCUT2D eigenvalue weighted by Gasteiger charge is -2.42. The summed E-state index contributed by atoms with van der Waals surface area (Å²) in [6.07, 6.45) is 2.94. The van der Waals surface area contributed by atoms with Gasteiger partial charge < -0.3 is 15.3 Å². The van der Waals surface area contributed by atoms with Gasteiger partial charge in [-0.1, -0.05) is 24.3 Å². The van der Waals surface area contributed by atoms with Crippen molar-refractivity contribution < 1.29 is 9.90 Å². The summed E-state index contributed by atoms with van der Waals surface area (Å²) < 4.78 is 0. The first-order chi connectivity index (χ1) is 11.5. The van der Waals surface area contributed by atoms with E-state index in [4.69, 9.17) is 0 Å². The molecule has 1 fully saturated rings. The topological polar surface area (TPSA) is 55.8 Å². The maximum atomic E-state index is 12.4. The van der Waals surface area contributed by atoms with Gasteiger partial charge in [0.25, 0.3) is 0 Å². The molecule has 2 N–H and O–H groups in total. The number of aliphatic hydroxyl groups excluding tert-OH is 1. The van der Waals surface area contributed by atoms with E-state index in [0.717, 1.165) is 38.9 Å². The molecule has 132 valence electrons. The Morgan fingerprint density at radius 3 is 2.79 bits per heavy atom. The summed E-state index contributed by atoms with van der Waals surface area (Å²) in [5.74, 6) is 0. The van der Waals surface area contributed by atoms with E-state index < -0.39 is 0 Å². The quantitative estimate of drug-likeness (QED) is 0.887. The molecule has 24 heavy (non-hydrogen) atoms. The van der Waals surface area contributed by atoms with Crippen LogP contribution in [0.25, 0.3) is 0 Å². The molecule has 2 heterocycles. The Kier molecular flexibility index (Phi) is 5.11. The number of amides is 2. The van der Waals surface area contributed by atoms with Gasteiger partial charge in [0.1, 0.15) is 0 Å². The number of hydrogen-bond acceptors (Lipinski definition) is 3. The van der Waals surface area contributed by atoms with Gasteiger partial charge in [0.15, 0.2) is 0 Å². The minimum atomic E-state index is -0.0996. The molecule has 0 bridgehead atoms. The molecule has 1 atom stereocenters. The maximum Gasteiger partial charge on any atom is 0.317 e. The van der Waals surface area contributed by atoms with Crippen molar-refractivity contribution in [3.05, 3.63) is 35.4 Å². The van der Waals surface area contributed by atoms with Crippen molar-refractivity contribution >= 4 is 6.03 Å². The van der Waals surface area contributed by atoms with Crippen LogP contribution in [0.15, 0.2) is 24.3 Å². The first-order valence-electron chi connectivity index (χ1n) is 8.98. The second kappa shape index (κ2) is 7.11.